The molecule has 27 heteroatoms. The Labute approximate surface area is 292 Å². The van der Waals surface area contributed by atoms with Gasteiger partial charge in [-0.1, -0.05) is 5.16 Å². The number of nitrogens with two attached hydrogens (primary N) is 4. The van der Waals surface area contributed by atoms with E-state index in [-0.39, 0.29) is 55.2 Å². The number of rotatable bonds is 12. The zero-order valence-corrected chi connectivity index (χ0v) is 28.7. The minimum atomic E-state index is -5.17. The van der Waals surface area contributed by atoms with Gasteiger partial charge in [-0.05, 0) is 13.8 Å². The number of fused-ring (bicyclic) bond motifs is 1. The molecule has 24 nitrogen and oxygen atoms in total. The topological polar surface area (TPSA) is 392 Å². The van der Waals surface area contributed by atoms with Crippen molar-refractivity contribution in [3.63, 3.8) is 0 Å². The number of carboxylic acids is 2. The molecule has 4 heterocycles. The number of anilines is 3. The van der Waals surface area contributed by atoms with Gasteiger partial charge >= 0.3 is 13.4 Å². The molecule has 2 aromatic heterocycles. The molecule has 0 unspecified atom stereocenters. The number of carbonyl (C=O) groups excluding carboxylic acids is 2. The normalized spacial score (nSPS) is 17.6. The van der Waals surface area contributed by atoms with Crippen LogP contribution in [0.25, 0.3) is 0 Å². The third-order valence-corrected chi connectivity index (χ3v) is 8.72. The van der Waals surface area contributed by atoms with E-state index < -0.39 is 56.9 Å². The highest BCUT2D eigenvalue weighted by Crippen LogP contribution is 2.40. The molecule has 1 saturated heterocycles. The van der Waals surface area contributed by atoms with Crippen molar-refractivity contribution >= 4 is 85.8 Å². The van der Waals surface area contributed by atoms with Crippen molar-refractivity contribution in [2.45, 2.75) is 37.4 Å². The Morgan fingerprint density at radius 3 is 2.44 bits per heavy atom. The first-order valence-electron chi connectivity index (χ1n) is 13.7. The second-order valence-electron chi connectivity index (χ2n) is 10.7. The van der Waals surface area contributed by atoms with Crippen LogP contribution in [0.4, 0.5) is 16.6 Å². The molecule has 2 aromatic rings. The molecule has 50 heavy (non-hydrogen) atoms. The summed E-state index contributed by atoms with van der Waals surface area (Å²) in [6.07, 6.45) is 1.60. The summed E-state index contributed by atoms with van der Waals surface area (Å²) in [5.41, 5.74) is 21.4. The summed E-state index contributed by atoms with van der Waals surface area (Å²) in [4.78, 5) is 61.9. The minimum absolute atomic E-state index is 0. The molecule has 2 aliphatic rings. The zero-order chi connectivity index (χ0) is 37.9. The quantitative estimate of drug-likeness (QED) is 0.0193. The third-order valence-electron chi connectivity index (χ3n) is 6.84. The van der Waals surface area contributed by atoms with E-state index in [2.05, 4.69) is 19.8 Å². The van der Waals surface area contributed by atoms with Crippen molar-refractivity contribution in [3.05, 3.63) is 23.3 Å². The van der Waals surface area contributed by atoms with Crippen LogP contribution in [-0.2, 0) is 48.0 Å². The fraction of sp³-hybridized carbons (Fsp3) is 0.435. The van der Waals surface area contributed by atoms with Gasteiger partial charge in [-0.2, -0.15) is 9.36 Å². The number of carboxylic acid groups (broad SMARTS) is 2. The maximum absolute atomic E-state index is 13.3. The molecule has 0 spiro atoms. The molecule has 0 aliphatic carbocycles. The molecular weight excluding hydrogens is 731 g/mol. The largest absolute Gasteiger partial charge is 1.00 e. The molecule has 0 radical (unpaired) electrons. The number of hydrogen-bond donors (Lipinski definition) is 8. The Morgan fingerprint density at radius 2 is 1.94 bits per heavy atom. The van der Waals surface area contributed by atoms with E-state index in [1.807, 2.05) is 0 Å². The molecule has 2 amide bonds. The SMILES string of the molecule is Cn1c(N)c(N(CCN)C(=N)N)c[n+]1CC1=C(C(=O)O)N2C(=O)[C@@H](NC(=O)C(=NOC(C)(C)C(=O)O)c3nsc(N)n3)[C@H]2SC1.O=S(=O)([O-])[O-].[H+]. The average molecular weight is 764 g/mol. The molecule has 0 aromatic carbocycles. The molecular formula is C23H33N13O11S3. The van der Waals surface area contributed by atoms with E-state index in [0.717, 1.165) is 16.4 Å². The Kier molecular flexibility index (Phi) is 12.0. The van der Waals surface area contributed by atoms with Gasteiger partial charge in [-0.15, -0.1) is 21.1 Å². The number of oxime groups is 1. The van der Waals surface area contributed by atoms with E-state index >= 15 is 0 Å². The highest BCUT2D eigenvalue weighted by atomic mass is 32.3. The number of aliphatic carboxylic acids is 2. The Bertz CT molecular complexity index is 1870. The van der Waals surface area contributed by atoms with Gasteiger partial charge in [0.05, 0.1) is 7.05 Å². The van der Waals surface area contributed by atoms with Crippen LogP contribution in [0.15, 0.2) is 22.6 Å². The fourth-order valence-electron chi connectivity index (χ4n) is 4.38. The number of nitrogen functional groups attached to an aromatic ring is 2. The smallest absolute Gasteiger partial charge is 0.759 e. The van der Waals surface area contributed by atoms with Crippen molar-refractivity contribution in [1.29, 1.82) is 5.41 Å². The van der Waals surface area contributed by atoms with Gasteiger partial charge in [0.15, 0.2) is 29.1 Å². The van der Waals surface area contributed by atoms with E-state index in [0.29, 0.717) is 11.3 Å². The molecule has 2 aliphatic heterocycles. The second-order valence-corrected chi connectivity index (χ2v) is 13.4. The first-order chi connectivity index (χ1) is 23.1. The molecule has 0 bridgehead atoms. The number of thioether (sulfide) groups is 1. The summed E-state index contributed by atoms with van der Waals surface area (Å²) in [6.45, 7) is 2.87. The van der Waals surface area contributed by atoms with E-state index in [9.17, 15) is 29.4 Å². The number of guanidine groups is 1. The lowest BCUT2D eigenvalue weighted by atomic mass is 10.0. The summed E-state index contributed by atoms with van der Waals surface area (Å²) >= 11 is 1.98. The van der Waals surface area contributed by atoms with Crippen LogP contribution in [0.5, 0.6) is 0 Å². The van der Waals surface area contributed by atoms with Crippen LogP contribution < -0.4 is 37.8 Å². The van der Waals surface area contributed by atoms with Gasteiger partial charge in [0.2, 0.25) is 23.3 Å². The monoisotopic (exact) mass is 763 g/mol. The van der Waals surface area contributed by atoms with Crippen LogP contribution in [-0.4, -0.2) is 118 Å². The van der Waals surface area contributed by atoms with E-state index in [1.165, 1.54) is 30.5 Å². The summed E-state index contributed by atoms with van der Waals surface area (Å²) in [5.74, 6) is -4.46. The van der Waals surface area contributed by atoms with Crippen molar-refractivity contribution in [1.82, 2.24) is 24.3 Å². The van der Waals surface area contributed by atoms with Crippen LogP contribution in [0, 0.1) is 5.41 Å². The maximum atomic E-state index is 13.3. The average Bonchev–Trinajstić information content (AvgIpc) is 3.55. The number of amides is 2. The predicted octanol–water partition coefficient (Wildman–Crippen LogP) is -4.22. The van der Waals surface area contributed by atoms with Crippen molar-refractivity contribution in [2.24, 2.45) is 23.7 Å². The standard InChI is InChI=1S/C23H31N13O7S2.H2O4S/c1-23(2,20(41)42)43-31-11(15-30-22(28)45-32-15)16(37)29-12-17(38)36-13(19(39)40)9(8-44-18(12)36)6-34-7-10(14(25)33(34)3)35(5-4-24)21(26)27;1-5(2,3)4/h7,12,18,25H,4-6,8,24H2,1-3H3,(H8,26,27,28,29,30,32,37,39,40,41,42);(H2,1,2,3,4)/t12-,18-;/m1./s1. The zero-order valence-electron chi connectivity index (χ0n) is 27.3. The lowest BCUT2D eigenvalue weighted by Crippen LogP contribution is -2.71. The van der Waals surface area contributed by atoms with Crippen LogP contribution in [0.2, 0.25) is 0 Å². The van der Waals surface area contributed by atoms with Crippen LogP contribution >= 0.6 is 23.3 Å². The summed E-state index contributed by atoms with van der Waals surface area (Å²) in [7, 11) is -3.52. The Hall–Kier alpha value is -5.09. The van der Waals surface area contributed by atoms with Gasteiger partial charge < -0.3 is 57.3 Å². The Balaban J connectivity index is 0.00000140. The molecule has 12 N–H and O–H groups in total. The second kappa shape index (κ2) is 15.2. The highest BCUT2D eigenvalue weighted by Gasteiger charge is 2.55. The van der Waals surface area contributed by atoms with Crippen LogP contribution in [0.3, 0.4) is 0 Å². The van der Waals surface area contributed by atoms with Gasteiger partial charge in [-0.3, -0.25) is 28.3 Å². The number of carbonyl (C=O) groups is 4. The van der Waals surface area contributed by atoms with Crippen LogP contribution in [0.1, 0.15) is 21.1 Å². The summed E-state index contributed by atoms with van der Waals surface area (Å²) < 4.78 is 41.2. The number of aromatic nitrogens is 4. The van der Waals surface area contributed by atoms with Gasteiger partial charge in [0.1, 0.15) is 17.1 Å². The first kappa shape index (κ1) is 39.3. The van der Waals surface area contributed by atoms with E-state index in [4.69, 9.17) is 50.7 Å². The van der Waals surface area contributed by atoms with Gasteiger partial charge in [0.25, 0.3) is 11.8 Å². The van der Waals surface area contributed by atoms with Crippen molar-refractivity contribution < 1.29 is 57.9 Å². The maximum Gasteiger partial charge on any atom is 1.00 e. The van der Waals surface area contributed by atoms with Gasteiger partial charge in [-0.25, -0.2) is 9.59 Å². The minimum Gasteiger partial charge on any atom is -0.759 e. The number of β-lactam (4-membered cyclic amide) rings is 1. The van der Waals surface area contributed by atoms with Gasteiger partial charge in [0, 0.05) is 46.3 Å². The first-order valence-corrected chi connectivity index (χ1v) is 16.9. The predicted molar refractivity (Wildman–Crippen MR) is 173 cm³/mol. The number of hydrogen-bond acceptors (Lipinski definition) is 18. The van der Waals surface area contributed by atoms with E-state index in [1.54, 1.807) is 22.6 Å². The number of nitrogens with one attached hydrogen (secondary N) is 2. The molecule has 2 atom stereocenters. The molecule has 4 rings (SSSR count). The number of nitrogens with zero attached hydrogens (tertiary/aromatic N) is 7. The van der Waals surface area contributed by atoms with Crippen molar-refractivity contribution in [3.8, 4) is 0 Å². The van der Waals surface area contributed by atoms with Crippen molar-refractivity contribution in [2.75, 3.05) is 35.2 Å². The summed E-state index contributed by atoms with van der Waals surface area (Å²) in [6, 6.07) is -1.16. The molecule has 1 fully saturated rings. The fourth-order valence-corrected chi connectivity index (χ4v) is 6.15. The highest BCUT2D eigenvalue weighted by molar-refractivity contribution is 8.00. The summed E-state index contributed by atoms with van der Waals surface area (Å²) in [5, 5.41) is 32.7. The molecule has 0 saturated carbocycles. The lowest BCUT2D eigenvalue weighted by molar-refractivity contribution is -0.765. The third kappa shape index (κ3) is 8.92. The lowest BCUT2D eigenvalue weighted by Gasteiger charge is -2.49. The Morgan fingerprint density at radius 1 is 1.32 bits per heavy atom. The molecule has 274 valence electrons.